The zero-order valence-electron chi connectivity index (χ0n) is 8.11. The van der Waals surface area contributed by atoms with Crippen molar-refractivity contribution in [2.24, 2.45) is 0 Å². The summed E-state index contributed by atoms with van der Waals surface area (Å²) in [6, 6.07) is 14.1. The first-order valence-corrected chi connectivity index (χ1v) is 4.91. The maximum Gasteiger partial charge on any atom is 0.187 e. The second-order valence-electron chi connectivity index (χ2n) is 3.18. The Kier molecular flexibility index (Phi) is 4.60. The van der Waals surface area contributed by atoms with Crippen LogP contribution in [0, 0.1) is 0 Å². The van der Waals surface area contributed by atoms with Crippen molar-refractivity contribution < 1.29 is 17.0 Å². The standard InChI is InChI=1S/C12H11ClN.ClH/c13-12-7-4-8-14(10-12)9-11-5-2-1-3-6-11;/h1-8,10H,9H2;1H/q+1;/p-1. The molecule has 78 valence electrons. The Hall–Kier alpha value is -1.05. The molecular weight excluding hydrogens is 229 g/mol. The molecule has 0 bridgehead atoms. The van der Waals surface area contributed by atoms with Gasteiger partial charge in [0.05, 0.1) is 0 Å². The number of hydrogen-bond acceptors (Lipinski definition) is 0. The summed E-state index contributed by atoms with van der Waals surface area (Å²) >= 11 is 5.89. The van der Waals surface area contributed by atoms with Crippen LogP contribution in [0.5, 0.6) is 0 Å². The maximum atomic E-state index is 5.89. The molecule has 15 heavy (non-hydrogen) atoms. The summed E-state index contributed by atoms with van der Waals surface area (Å²) in [5.74, 6) is 0. The Morgan fingerprint density at radius 1 is 1.00 bits per heavy atom. The molecule has 1 heterocycles. The van der Waals surface area contributed by atoms with Crippen molar-refractivity contribution in [2.75, 3.05) is 0 Å². The maximum absolute atomic E-state index is 5.89. The third-order valence-corrected chi connectivity index (χ3v) is 2.25. The van der Waals surface area contributed by atoms with Gasteiger partial charge in [-0.25, -0.2) is 0 Å². The summed E-state index contributed by atoms with van der Waals surface area (Å²) in [4.78, 5) is 0. The van der Waals surface area contributed by atoms with Gasteiger partial charge in [-0.05, 0) is 6.07 Å². The molecule has 0 atom stereocenters. The molecule has 0 saturated heterocycles. The highest BCUT2D eigenvalue weighted by atomic mass is 35.5. The molecule has 0 saturated carbocycles. The van der Waals surface area contributed by atoms with Crippen LogP contribution in [-0.2, 0) is 6.54 Å². The fraction of sp³-hybridized carbons (Fsp3) is 0.0833. The lowest BCUT2D eigenvalue weighted by atomic mass is 10.2. The average Bonchev–Trinajstić information content (AvgIpc) is 2.19. The van der Waals surface area contributed by atoms with E-state index in [0.717, 1.165) is 11.6 Å². The predicted molar refractivity (Wildman–Crippen MR) is 57.2 cm³/mol. The minimum atomic E-state index is 0. The fourth-order valence-electron chi connectivity index (χ4n) is 1.38. The largest absolute Gasteiger partial charge is 1.00 e. The van der Waals surface area contributed by atoms with Gasteiger partial charge in [-0.15, -0.1) is 0 Å². The lowest BCUT2D eigenvalue weighted by molar-refractivity contribution is -0.688. The molecule has 0 aliphatic rings. The van der Waals surface area contributed by atoms with Crippen LogP contribution in [0.25, 0.3) is 0 Å². The number of benzene rings is 1. The van der Waals surface area contributed by atoms with Crippen molar-refractivity contribution in [3.05, 3.63) is 65.4 Å². The van der Waals surface area contributed by atoms with Crippen LogP contribution in [0.2, 0.25) is 5.02 Å². The van der Waals surface area contributed by atoms with Crippen LogP contribution >= 0.6 is 11.6 Å². The fourth-order valence-corrected chi connectivity index (χ4v) is 1.58. The third-order valence-electron chi connectivity index (χ3n) is 2.03. The molecule has 1 aromatic carbocycles. The molecule has 0 amide bonds. The Morgan fingerprint density at radius 3 is 2.40 bits per heavy atom. The van der Waals surface area contributed by atoms with Crippen molar-refractivity contribution >= 4 is 11.6 Å². The second kappa shape index (κ2) is 5.74. The number of rotatable bonds is 2. The minimum Gasteiger partial charge on any atom is -1.00 e. The molecule has 1 nitrogen and oxygen atoms in total. The molecule has 3 heteroatoms. The van der Waals surface area contributed by atoms with Crippen molar-refractivity contribution in [2.45, 2.75) is 6.54 Å². The summed E-state index contributed by atoms with van der Waals surface area (Å²) in [6.45, 7) is 0.862. The van der Waals surface area contributed by atoms with E-state index in [9.17, 15) is 0 Å². The monoisotopic (exact) mass is 239 g/mol. The normalized spacial score (nSPS) is 9.40. The van der Waals surface area contributed by atoms with Gasteiger partial charge in [0.2, 0.25) is 0 Å². The number of pyridine rings is 1. The second-order valence-corrected chi connectivity index (χ2v) is 3.62. The first-order chi connectivity index (χ1) is 6.84. The summed E-state index contributed by atoms with van der Waals surface area (Å²) < 4.78 is 2.07. The highest BCUT2D eigenvalue weighted by Crippen LogP contribution is 2.03. The highest BCUT2D eigenvalue weighted by Gasteiger charge is 2.01. The lowest BCUT2D eigenvalue weighted by Gasteiger charge is -1.96. The zero-order valence-corrected chi connectivity index (χ0v) is 9.62. The van der Waals surface area contributed by atoms with Gasteiger partial charge in [-0.3, -0.25) is 0 Å². The van der Waals surface area contributed by atoms with Crippen LogP contribution in [0.4, 0.5) is 0 Å². The van der Waals surface area contributed by atoms with E-state index in [0.29, 0.717) is 0 Å². The number of aromatic nitrogens is 1. The molecule has 0 aliphatic carbocycles. The molecule has 2 rings (SSSR count). The van der Waals surface area contributed by atoms with Gasteiger partial charge in [0.1, 0.15) is 5.02 Å². The SMILES string of the molecule is Clc1ccc[n+](Cc2ccccc2)c1.[Cl-]. The Balaban J connectivity index is 0.00000112. The number of nitrogens with zero attached hydrogens (tertiary/aromatic N) is 1. The molecule has 0 spiro atoms. The van der Waals surface area contributed by atoms with Gasteiger partial charge in [-0.1, -0.05) is 41.9 Å². The van der Waals surface area contributed by atoms with Crippen molar-refractivity contribution in [1.82, 2.24) is 0 Å². The smallest absolute Gasteiger partial charge is 0.187 e. The molecular formula is C12H11Cl2N. The van der Waals surface area contributed by atoms with E-state index in [4.69, 9.17) is 11.6 Å². The predicted octanol–water partition coefficient (Wildman–Crippen LogP) is -0.320. The van der Waals surface area contributed by atoms with Crippen LogP contribution in [-0.4, -0.2) is 0 Å². The van der Waals surface area contributed by atoms with Crippen molar-refractivity contribution in [3.8, 4) is 0 Å². The molecule has 2 aromatic rings. The highest BCUT2D eigenvalue weighted by molar-refractivity contribution is 6.30. The Morgan fingerprint density at radius 2 is 1.73 bits per heavy atom. The van der Waals surface area contributed by atoms with E-state index in [2.05, 4.69) is 16.7 Å². The van der Waals surface area contributed by atoms with E-state index in [1.165, 1.54) is 5.56 Å². The third kappa shape index (κ3) is 3.54. The molecule has 0 unspecified atom stereocenters. The number of hydrogen-bond donors (Lipinski definition) is 0. The quantitative estimate of drug-likeness (QED) is 0.633. The molecule has 0 aliphatic heterocycles. The van der Waals surface area contributed by atoms with Crippen molar-refractivity contribution in [1.29, 1.82) is 0 Å². The van der Waals surface area contributed by atoms with E-state index < -0.39 is 0 Å². The van der Waals surface area contributed by atoms with Crippen molar-refractivity contribution in [3.63, 3.8) is 0 Å². The van der Waals surface area contributed by atoms with Gasteiger partial charge in [-0.2, -0.15) is 4.57 Å². The lowest BCUT2D eigenvalue weighted by Crippen LogP contribution is -3.00. The van der Waals surface area contributed by atoms with E-state index in [-0.39, 0.29) is 12.4 Å². The Labute approximate surface area is 101 Å². The van der Waals surface area contributed by atoms with Crippen LogP contribution in [0.1, 0.15) is 5.56 Å². The zero-order chi connectivity index (χ0) is 9.80. The minimum absolute atomic E-state index is 0. The van der Waals surface area contributed by atoms with Gasteiger partial charge in [0.25, 0.3) is 0 Å². The van der Waals surface area contributed by atoms with E-state index >= 15 is 0 Å². The van der Waals surface area contributed by atoms with Crippen LogP contribution in [0.3, 0.4) is 0 Å². The summed E-state index contributed by atoms with van der Waals surface area (Å²) in [6.07, 6.45) is 3.94. The molecule has 1 aromatic heterocycles. The molecule has 0 N–H and O–H groups in total. The van der Waals surface area contributed by atoms with E-state index in [1.54, 1.807) is 0 Å². The topological polar surface area (TPSA) is 3.88 Å². The number of halogens is 2. The summed E-state index contributed by atoms with van der Waals surface area (Å²) in [7, 11) is 0. The van der Waals surface area contributed by atoms with Gasteiger partial charge in [0, 0.05) is 11.6 Å². The van der Waals surface area contributed by atoms with Gasteiger partial charge < -0.3 is 12.4 Å². The molecule has 0 radical (unpaired) electrons. The van der Waals surface area contributed by atoms with E-state index in [1.807, 2.05) is 42.7 Å². The van der Waals surface area contributed by atoms with Gasteiger partial charge in [0.15, 0.2) is 18.9 Å². The Bertz CT molecular complexity index is 415. The first kappa shape index (κ1) is 12.0. The average molecular weight is 240 g/mol. The molecule has 0 fully saturated rings. The first-order valence-electron chi connectivity index (χ1n) is 4.53. The van der Waals surface area contributed by atoms with Crippen LogP contribution < -0.4 is 17.0 Å². The van der Waals surface area contributed by atoms with Crippen LogP contribution in [0.15, 0.2) is 54.9 Å². The summed E-state index contributed by atoms with van der Waals surface area (Å²) in [5.41, 5.74) is 1.28. The van der Waals surface area contributed by atoms with Gasteiger partial charge >= 0.3 is 0 Å². The summed E-state index contributed by atoms with van der Waals surface area (Å²) in [5, 5.41) is 0.767.